The first-order valence-electron chi connectivity index (χ1n) is 7.46. The standard InChI is InChI=1S/C15H16ClN3O5/c1-14(2)23-8-12(22-9(13(20)21)15(8,3)24-14)19-5-4-7-10(16)17-6-18-11(7)19/h4-6,8-9,12H,1-3H3,(H,20,21)/t8-,9+,12+,15-/m0/s1. The Balaban J connectivity index is 1.83. The third-order valence-corrected chi connectivity index (χ3v) is 4.76. The number of carbonyl (C=O) groups is 1. The average Bonchev–Trinajstić information content (AvgIpc) is 3.07. The van der Waals surface area contributed by atoms with Crippen LogP contribution in [0.2, 0.25) is 5.15 Å². The lowest BCUT2D eigenvalue weighted by Gasteiger charge is -2.26. The molecule has 9 heteroatoms. The number of hydrogen-bond acceptors (Lipinski definition) is 6. The Hall–Kier alpha value is -1.74. The molecule has 4 rings (SSSR count). The maximum atomic E-state index is 11.7. The highest BCUT2D eigenvalue weighted by molar-refractivity contribution is 6.33. The summed E-state index contributed by atoms with van der Waals surface area (Å²) in [4.78, 5) is 19.9. The number of ether oxygens (including phenoxy) is 3. The number of nitrogens with zero attached hydrogens (tertiary/aromatic N) is 3. The van der Waals surface area contributed by atoms with E-state index in [4.69, 9.17) is 25.8 Å². The van der Waals surface area contributed by atoms with Crippen LogP contribution in [-0.2, 0) is 19.0 Å². The molecule has 0 spiro atoms. The zero-order valence-electron chi connectivity index (χ0n) is 13.3. The zero-order chi connectivity index (χ0) is 17.3. The molecule has 2 saturated heterocycles. The number of rotatable bonds is 2. The molecule has 0 bridgehead atoms. The van der Waals surface area contributed by atoms with Crippen molar-refractivity contribution in [3.63, 3.8) is 0 Å². The van der Waals surface area contributed by atoms with Crippen molar-refractivity contribution in [1.82, 2.24) is 14.5 Å². The van der Waals surface area contributed by atoms with Gasteiger partial charge >= 0.3 is 5.97 Å². The fourth-order valence-electron chi connectivity index (χ4n) is 3.58. The fraction of sp³-hybridized carbons (Fsp3) is 0.533. The summed E-state index contributed by atoms with van der Waals surface area (Å²) in [6, 6.07) is 1.76. The SMILES string of the molecule is CC1(C)O[C@H]2[C@H](n3ccc4c(Cl)ncnc43)O[C@H](C(=O)O)[C@@]2(C)O1. The van der Waals surface area contributed by atoms with Crippen molar-refractivity contribution in [1.29, 1.82) is 0 Å². The molecule has 24 heavy (non-hydrogen) atoms. The molecule has 0 aromatic carbocycles. The Labute approximate surface area is 142 Å². The van der Waals surface area contributed by atoms with Crippen molar-refractivity contribution in [3.8, 4) is 0 Å². The summed E-state index contributed by atoms with van der Waals surface area (Å²) in [5.41, 5.74) is -0.574. The highest BCUT2D eigenvalue weighted by Gasteiger charge is 2.66. The average molecular weight is 354 g/mol. The maximum absolute atomic E-state index is 11.7. The Morgan fingerprint density at radius 2 is 2.12 bits per heavy atom. The molecule has 1 N–H and O–H groups in total. The second kappa shape index (κ2) is 4.89. The second-order valence-electron chi connectivity index (χ2n) is 6.59. The molecule has 0 radical (unpaired) electrons. The van der Waals surface area contributed by atoms with Crippen LogP contribution < -0.4 is 0 Å². The number of carboxylic acids is 1. The first kappa shape index (κ1) is 15.8. The van der Waals surface area contributed by atoms with Gasteiger partial charge in [0.1, 0.15) is 28.8 Å². The van der Waals surface area contributed by atoms with E-state index in [1.165, 1.54) is 6.33 Å². The summed E-state index contributed by atoms with van der Waals surface area (Å²) in [5, 5.41) is 10.5. The molecule has 2 aliphatic heterocycles. The number of carboxylic acid groups (broad SMARTS) is 1. The van der Waals surface area contributed by atoms with Gasteiger partial charge in [0, 0.05) is 6.20 Å². The van der Waals surface area contributed by atoms with E-state index in [0.29, 0.717) is 16.2 Å². The van der Waals surface area contributed by atoms with Gasteiger partial charge in [0.25, 0.3) is 0 Å². The molecule has 8 nitrogen and oxygen atoms in total. The maximum Gasteiger partial charge on any atom is 0.336 e. The topological polar surface area (TPSA) is 95.7 Å². The Kier molecular flexibility index (Phi) is 3.21. The molecule has 2 aliphatic rings. The minimum Gasteiger partial charge on any atom is -0.479 e. The summed E-state index contributed by atoms with van der Waals surface area (Å²) in [5.74, 6) is -2.01. The van der Waals surface area contributed by atoms with Crippen molar-refractivity contribution in [2.75, 3.05) is 0 Å². The number of fused-ring (bicyclic) bond motifs is 2. The van der Waals surface area contributed by atoms with Gasteiger partial charge in [-0.3, -0.25) is 0 Å². The van der Waals surface area contributed by atoms with Gasteiger partial charge in [0.05, 0.1) is 5.39 Å². The molecular weight excluding hydrogens is 338 g/mol. The van der Waals surface area contributed by atoms with Gasteiger partial charge in [-0.1, -0.05) is 11.6 Å². The van der Waals surface area contributed by atoms with Crippen molar-refractivity contribution in [2.24, 2.45) is 0 Å². The lowest BCUT2D eigenvalue weighted by Crippen LogP contribution is -2.47. The zero-order valence-corrected chi connectivity index (χ0v) is 14.0. The lowest BCUT2D eigenvalue weighted by atomic mass is 9.94. The van der Waals surface area contributed by atoms with Gasteiger partial charge in [-0.2, -0.15) is 0 Å². The van der Waals surface area contributed by atoms with Crippen LogP contribution in [0.1, 0.15) is 27.0 Å². The normalized spacial score (nSPS) is 34.6. The summed E-state index contributed by atoms with van der Waals surface area (Å²) in [7, 11) is 0. The first-order valence-corrected chi connectivity index (χ1v) is 7.84. The Bertz CT molecular complexity index is 838. The van der Waals surface area contributed by atoms with Crippen LogP contribution in [0.3, 0.4) is 0 Å². The highest BCUT2D eigenvalue weighted by atomic mass is 35.5. The van der Waals surface area contributed by atoms with Gasteiger partial charge < -0.3 is 23.9 Å². The molecule has 2 aromatic rings. The highest BCUT2D eigenvalue weighted by Crippen LogP contribution is 2.50. The minimum atomic E-state index is -1.16. The second-order valence-corrected chi connectivity index (χ2v) is 6.95. The first-order chi connectivity index (χ1) is 11.2. The van der Waals surface area contributed by atoms with Crippen LogP contribution in [0.5, 0.6) is 0 Å². The van der Waals surface area contributed by atoms with E-state index in [-0.39, 0.29) is 0 Å². The van der Waals surface area contributed by atoms with Crippen molar-refractivity contribution in [3.05, 3.63) is 23.7 Å². The van der Waals surface area contributed by atoms with Crippen LogP contribution >= 0.6 is 11.6 Å². The number of halogens is 1. The Morgan fingerprint density at radius 3 is 2.83 bits per heavy atom. The van der Waals surface area contributed by atoms with Crippen LogP contribution in [-0.4, -0.2) is 49.2 Å². The third kappa shape index (κ3) is 2.07. The van der Waals surface area contributed by atoms with Gasteiger partial charge in [-0.25, -0.2) is 14.8 Å². The quantitative estimate of drug-likeness (QED) is 0.824. The predicted molar refractivity (Wildman–Crippen MR) is 82.5 cm³/mol. The number of hydrogen-bond donors (Lipinski definition) is 1. The fourth-order valence-corrected chi connectivity index (χ4v) is 3.78. The van der Waals surface area contributed by atoms with Crippen LogP contribution in [0, 0.1) is 0 Å². The van der Waals surface area contributed by atoms with E-state index in [2.05, 4.69) is 9.97 Å². The van der Waals surface area contributed by atoms with E-state index < -0.39 is 35.8 Å². The van der Waals surface area contributed by atoms with E-state index >= 15 is 0 Å². The minimum absolute atomic E-state index is 0.318. The monoisotopic (exact) mass is 353 g/mol. The van der Waals surface area contributed by atoms with Crippen molar-refractivity contribution >= 4 is 28.6 Å². The van der Waals surface area contributed by atoms with Crippen molar-refractivity contribution < 1.29 is 24.1 Å². The molecule has 0 unspecified atom stereocenters. The third-order valence-electron chi connectivity index (χ3n) is 4.46. The largest absolute Gasteiger partial charge is 0.479 e. The molecule has 2 fully saturated rings. The molecule has 0 saturated carbocycles. The number of aromatic nitrogens is 3. The molecule has 128 valence electrons. The van der Waals surface area contributed by atoms with E-state index in [1.807, 2.05) is 0 Å². The van der Waals surface area contributed by atoms with Gasteiger partial charge in [0.15, 0.2) is 18.1 Å². The summed E-state index contributed by atoms with van der Waals surface area (Å²) >= 11 is 6.08. The lowest BCUT2D eigenvalue weighted by molar-refractivity contribution is -0.214. The summed E-state index contributed by atoms with van der Waals surface area (Å²) < 4.78 is 19.4. The molecule has 2 aromatic heterocycles. The van der Waals surface area contributed by atoms with Gasteiger partial charge in [-0.05, 0) is 26.8 Å². The van der Waals surface area contributed by atoms with E-state index in [9.17, 15) is 9.90 Å². The van der Waals surface area contributed by atoms with Crippen LogP contribution in [0.4, 0.5) is 0 Å². The van der Waals surface area contributed by atoms with Crippen LogP contribution in [0.15, 0.2) is 18.6 Å². The van der Waals surface area contributed by atoms with Gasteiger partial charge in [-0.15, -0.1) is 0 Å². The van der Waals surface area contributed by atoms with Gasteiger partial charge in [0.2, 0.25) is 0 Å². The van der Waals surface area contributed by atoms with E-state index in [0.717, 1.165) is 0 Å². The smallest absolute Gasteiger partial charge is 0.336 e. The van der Waals surface area contributed by atoms with Crippen LogP contribution in [0.25, 0.3) is 11.0 Å². The molecule has 4 heterocycles. The van der Waals surface area contributed by atoms with Crippen molar-refractivity contribution in [2.45, 2.75) is 50.6 Å². The summed E-state index contributed by atoms with van der Waals surface area (Å²) in [6.07, 6.45) is 0.595. The molecule has 4 atom stereocenters. The molecule has 0 aliphatic carbocycles. The predicted octanol–water partition coefficient (Wildman–Crippen LogP) is 1.98. The molecule has 0 amide bonds. The molecular formula is C15H16ClN3O5. The summed E-state index contributed by atoms with van der Waals surface area (Å²) in [6.45, 7) is 5.19. The Morgan fingerprint density at radius 1 is 1.38 bits per heavy atom. The number of aliphatic carboxylic acids is 1. The van der Waals surface area contributed by atoms with E-state index in [1.54, 1.807) is 37.6 Å².